The number of para-hydroxylation sites is 1. The number of ether oxygens (including phenoxy) is 1. The number of rotatable bonds is 3. The lowest BCUT2D eigenvalue weighted by atomic mass is 10.0. The molecule has 0 bridgehead atoms. The van der Waals surface area contributed by atoms with Crippen molar-refractivity contribution in [3.8, 4) is 16.9 Å². The van der Waals surface area contributed by atoms with E-state index in [-0.39, 0.29) is 0 Å². The number of benzene rings is 2. The Morgan fingerprint density at radius 2 is 1.69 bits per heavy atom. The van der Waals surface area contributed by atoms with Gasteiger partial charge in [-0.2, -0.15) is 0 Å². The largest absolute Gasteiger partial charge is 0.496 e. The van der Waals surface area contributed by atoms with Crippen molar-refractivity contribution in [2.24, 2.45) is 5.73 Å². The number of nitrogens with two attached hydrogens (primary N) is 1. The van der Waals surface area contributed by atoms with Crippen LogP contribution >= 0.6 is 0 Å². The molecule has 0 unspecified atom stereocenters. The van der Waals surface area contributed by atoms with Crippen molar-refractivity contribution in [1.82, 2.24) is 0 Å². The maximum absolute atomic E-state index is 5.57. The molecule has 0 saturated carbocycles. The fourth-order valence-electron chi connectivity index (χ4n) is 1.70. The molecule has 0 aliphatic rings. The average Bonchev–Trinajstić information content (AvgIpc) is 2.39. The van der Waals surface area contributed by atoms with Gasteiger partial charge in [0.25, 0.3) is 0 Å². The van der Waals surface area contributed by atoms with Crippen LogP contribution in [0.15, 0.2) is 48.5 Å². The highest BCUT2D eigenvalue weighted by molar-refractivity contribution is 5.70. The Bertz CT molecular complexity index is 462. The van der Waals surface area contributed by atoms with Crippen LogP contribution in [0.5, 0.6) is 5.75 Å². The Balaban J connectivity index is 2.42. The van der Waals surface area contributed by atoms with Crippen LogP contribution in [0.2, 0.25) is 0 Å². The maximum Gasteiger partial charge on any atom is 0.126 e. The van der Waals surface area contributed by atoms with Crippen molar-refractivity contribution >= 4 is 0 Å². The van der Waals surface area contributed by atoms with Crippen molar-refractivity contribution in [2.75, 3.05) is 7.11 Å². The van der Waals surface area contributed by atoms with Gasteiger partial charge in [-0.25, -0.2) is 0 Å². The van der Waals surface area contributed by atoms with Crippen molar-refractivity contribution in [2.45, 2.75) is 6.54 Å². The number of hydrogen-bond donors (Lipinski definition) is 1. The van der Waals surface area contributed by atoms with Crippen molar-refractivity contribution in [3.05, 3.63) is 54.1 Å². The zero-order chi connectivity index (χ0) is 11.4. The molecule has 0 fully saturated rings. The highest BCUT2D eigenvalue weighted by atomic mass is 16.5. The topological polar surface area (TPSA) is 35.2 Å². The fourth-order valence-corrected chi connectivity index (χ4v) is 1.70. The first kappa shape index (κ1) is 10.7. The van der Waals surface area contributed by atoms with Crippen LogP contribution in [0.3, 0.4) is 0 Å². The molecule has 0 aliphatic carbocycles. The predicted molar refractivity (Wildman–Crippen MR) is 66.3 cm³/mol. The van der Waals surface area contributed by atoms with Gasteiger partial charge in [-0.15, -0.1) is 0 Å². The molecule has 2 nitrogen and oxygen atoms in total. The Hall–Kier alpha value is -1.80. The number of methoxy groups -OCH3 is 1. The summed E-state index contributed by atoms with van der Waals surface area (Å²) in [4.78, 5) is 0. The minimum absolute atomic E-state index is 0.576. The highest BCUT2D eigenvalue weighted by Crippen LogP contribution is 2.29. The molecule has 2 aromatic rings. The van der Waals surface area contributed by atoms with Gasteiger partial charge in [0.1, 0.15) is 5.75 Å². The molecule has 0 spiro atoms. The van der Waals surface area contributed by atoms with Gasteiger partial charge in [0.15, 0.2) is 0 Å². The van der Waals surface area contributed by atoms with Gasteiger partial charge in [-0.05, 0) is 17.2 Å². The molecule has 2 aromatic carbocycles. The van der Waals surface area contributed by atoms with E-state index in [9.17, 15) is 0 Å². The first-order valence-electron chi connectivity index (χ1n) is 5.27. The first-order valence-corrected chi connectivity index (χ1v) is 5.27. The van der Waals surface area contributed by atoms with E-state index < -0.39 is 0 Å². The predicted octanol–water partition coefficient (Wildman–Crippen LogP) is 2.82. The molecule has 0 atom stereocenters. The molecule has 0 aromatic heterocycles. The van der Waals surface area contributed by atoms with Gasteiger partial charge in [-0.1, -0.05) is 42.5 Å². The van der Waals surface area contributed by atoms with Crippen LogP contribution < -0.4 is 10.5 Å². The van der Waals surface area contributed by atoms with E-state index >= 15 is 0 Å². The standard InChI is InChI=1S/C14H15NO/c1-16-14-5-3-2-4-13(14)12-8-6-11(10-15)7-9-12/h2-9H,10,15H2,1H3. The van der Waals surface area contributed by atoms with Gasteiger partial charge in [0.2, 0.25) is 0 Å². The van der Waals surface area contributed by atoms with Gasteiger partial charge in [0, 0.05) is 12.1 Å². The van der Waals surface area contributed by atoms with Gasteiger partial charge >= 0.3 is 0 Å². The summed E-state index contributed by atoms with van der Waals surface area (Å²) in [5, 5.41) is 0. The second-order valence-electron chi connectivity index (χ2n) is 3.60. The molecule has 0 amide bonds. The van der Waals surface area contributed by atoms with Crippen LogP contribution in [0.4, 0.5) is 0 Å². The molecule has 0 aliphatic heterocycles. The van der Waals surface area contributed by atoms with Crippen LogP contribution in [0.1, 0.15) is 5.56 Å². The molecule has 2 heteroatoms. The van der Waals surface area contributed by atoms with E-state index in [1.165, 1.54) is 0 Å². The molecule has 0 radical (unpaired) electrons. The van der Waals surface area contributed by atoms with E-state index in [0.717, 1.165) is 22.4 Å². The zero-order valence-corrected chi connectivity index (χ0v) is 9.31. The van der Waals surface area contributed by atoms with Crippen LogP contribution in [-0.4, -0.2) is 7.11 Å². The van der Waals surface area contributed by atoms with Crippen molar-refractivity contribution in [1.29, 1.82) is 0 Å². The van der Waals surface area contributed by atoms with E-state index in [4.69, 9.17) is 10.5 Å². The molecule has 0 heterocycles. The van der Waals surface area contributed by atoms with Gasteiger partial charge < -0.3 is 10.5 Å². The summed E-state index contributed by atoms with van der Waals surface area (Å²) in [5.74, 6) is 0.892. The van der Waals surface area contributed by atoms with Crippen molar-refractivity contribution < 1.29 is 4.74 Å². The van der Waals surface area contributed by atoms with Crippen LogP contribution in [0.25, 0.3) is 11.1 Å². The smallest absolute Gasteiger partial charge is 0.126 e. The second-order valence-corrected chi connectivity index (χ2v) is 3.60. The van der Waals surface area contributed by atoms with Gasteiger partial charge in [0.05, 0.1) is 7.11 Å². The average molecular weight is 213 g/mol. The molecule has 2 rings (SSSR count). The molecule has 2 N–H and O–H groups in total. The lowest BCUT2D eigenvalue weighted by Gasteiger charge is -2.08. The summed E-state index contributed by atoms with van der Waals surface area (Å²) < 4.78 is 5.33. The Morgan fingerprint density at radius 3 is 2.31 bits per heavy atom. The van der Waals surface area contributed by atoms with Crippen LogP contribution in [-0.2, 0) is 6.54 Å². The molecule has 82 valence electrons. The first-order chi connectivity index (χ1) is 7.85. The molecular formula is C14H15NO. The summed E-state index contributed by atoms with van der Waals surface area (Å²) in [7, 11) is 1.69. The lowest BCUT2D eigenvalue weighted by molar-refractivity contribution is 0.416. The number of hydrogen-bond acceptors (Lipinski definition) is 2. The molecule has 16 heavy (non-hydrogen) atoms. The minimum atomic E-state index is 0.576. The van der Waals surface area contributed by atoms with Crippen LogP contribution in [0, 0.1) is 0 Å². The van der Waals surface area contributed by atoms with E-state index in [1.807, 2.05) is 30.3 Å². The molecular weight excluding hydrogens is 198 g/mol. The summed E-state index contributed by atoms with van der Waals surface area (Å²) in [6.45, 7) is 0.576. The summed E-state index contributed by atoms with van der Waals surface area (Å²) in [5.41, 5.74) is 8.96. The minimum Gasteiger partial charge on any atom is -0.496 e. The Kier molecular flexibility index (Phi) is 3.22. The summed E-state index contributed by atoms with van der Waals surface area (Å²) in [6, 6.07) is 16.2. The normalized spacial score (nSPS) is 10.1. The molecule has 0 saturated heterocycles. The van der Waals surface area contributed by atoms with E-state index in [1.54, 1.807) is 7.11 Å². The van der Waals surface area contributed by atoms with E-state index in [0.29, 0.717) is 6.54 Å². The summed E-state index contributed by atoms with van der Waals surface area (Å²) in [6.07, 6.45) is 0. The van der Waals surface area contributed by atoms with E-state index in [2.05, 4.69) is 18.2 Å². The lowest BCUT2D eigenvalue weighted by Crippen LogP contribution is -1.95. The highest BCUT2D eigenvalue weighted by Gasteiger charge is 2.03. The maximum atomic E-state index is 5.57. The second kappa shape index (κ2) is 4.81. The SMILES string of the molecule is COc1ccccc1-c1ccc(CN)cc1. The Labute approximate surface area is 95.7 Å². The third kappa shape index (κ3) is 2.07. The Morgan fingerprint density at radius 1 is 1.00 bits per heavy atom. The summed E-state index contributed by atoms with van der Waals surface area (Å²) >= 11 is 0. The fraction of sp³-hybridized carbons (Fsp3) is 0.143. The van der Waals surface area contributed by atoms with Gasteiger partial charge in [-0.3, -0.25) is 0 Å². The third-order valence-electron chi connectivity index (χ3n) is 2.61. The quantitative estimate of drug-likeness (QED) is 0.850. The monoisotopic (exact) mass is 213 g/mol. The van der Waals surface area contributed by atoms with Crippen molar-refractivity contribution in [3.63, 3.8) is 0 Å². The third-order valence-corrected chi connectivity index (χ3v) is 2.61. The zero-order valence-electron chi connectivity index (χ0n) is 9.31.